The second kappa shape index (κ2) is 6.11. The third-order valence-corrected chi connectivity index (χ3v) is 5.43. The molecule has 108 valence electrons. The molecular formula is C14H18N2O2S2. The molecule has 0 bridgehead atoms. The van der Waals surface area contributed by atoms with Crippen molar-refractivity contribution in [2.45, 2.75) is 23.7 Å². The van der Waals surface area contributed by atoms with E-state index in [9.17, 15) is 9.90 Å². The number of aliphatic hydroxyl groups is 1. The van der Waals surface area contributed by atoms with Crippen LogP contribution in [0.3, 0.4) is 0 Å². The van der Waals surface area contributed by atoms with Crippen molar-refractivity contribution in [3.63, 3.8) is 0 Å². The van der Waals surface area contributed by atoms with Crippen LogP contribution >= 0.6 is 23.1 Å². The first-order valence-corrected chi connectivity index (χ1v) is 8.10. The predicted octanol–water partition coefficient (Wildman–Crippen LogP) is 2.62. The Morgan fingerprint density at radius 1 is 1.45 bits per heavy atom. The van der Waals surface area contributed by atoms with E-state index < -0.39 is 5.54 Å². The number of hydrogen-bond donors (Lipinski definition) is 1. The number of benzene rings is 1. The Morgan fingerprint density at radius 3 is 2.80 bits per heavy atom. The van der Waals surface area contributed by atoms with Crippen LogP contribution in [0.15, 0.2) is 28.6 Å². The van der Waals surface area contributed by atoms with Gasteiger partial charge >= 0.3 is 0 Å². The topological polar surface area (TPSA) is 53.4 Å². The first-order valence-electron chi connectivity index (χ1n) is 6.30. The van der Waals surface area contributed by atoms with E-state index in [2.05, 4.69) is 4.98 Å². The molecule has 20 heavy (non-hydrogen) atoms. The van der Waals surface area contributed by atoms with Crippen LogP contribution < -0.4 is 0 Å². The highest BCUT2D eigenvalue weighted by atomic mass is 32.2. The standard InChI is InChI=1S/C14H18N2O2S2/c1-14(2,9-17)16(3)12(18)8-19-13-15-10-6-4-5-7-11(10)20-13/h4-7,17H,8-9H2,1-3H3. The molecule has 1 heterocycles. The van der Waals surface area contributed by atoms with E-state index in [0.29, 0.717) is 5.75 Å². The molecule has 0 atom stereocenters. The Labute approximate surface area is 126 Å². The Bertz CT molecular complexity index is 577. The maximum absolute atomic E-state index is 12.1. The molecule has 0 aliphatic rings. The normalized spacial score (nSPS) is 11.8. The van der Waals surface area contributed by atoms with Crippen molar-refractivity contribution in [3.05, 3.63) is 24.3 Å². The lowest BCUT2D eigenvalue weighted by Gasteiger charge is -2.33. The van der Waals surface area contributed by atoms with Gasteiger partial charge in [0.1, 0.15) is 0 Å². The van der Waals surface area contributed by atoms with Crippen LogP contribution in [-0.2, 0) is 4.79 Å². The van der Waals surface area contributed by atoms with Gasteiger partial charge in [0.05, 0.1) is 28.1 Å². The lowest BCUT2D eigenvalue weighted by Crippen LogP contribution is -2.48. The lowest BCUT2D eigenvalue weighted by molar-refractivity contribution is -0.133. The zero-order valence-corrected chi connectivity index (χ0v) is 13.4. The van der Waals surface area contributed by atoms with Gasteiger partial charge in [-0.1, -0.05) is 23.9 Å². The van der Waals surface area contributed by atoms with Crippen molar-refractivity contribution in [2.24, 2.45) is 0 Å². The van der Waals surface area contributed by atoms with E-state index >= 15 is 0 Å². The van der Waals surface area contributed by atoms with Crippen molar-refractivity contribution in [1.82, 2.24) is 9.88 Å². The summed E-state index contributed by atoms with van der Waals surface area (Å²) < 4.78 is 2.03. The van der Waals surface area contributed by atoms with Gasteiger partial charge in [-0.05, 0) is 26.0 Å². The van der Waals surface area contributed by atoms with E-state index in [1.54, 1.807) is 23.3 Å². The SMILES string of the molecule is CN(C(=O)CSc1nc2ccccc2s1)C(C)(C)CO. The zero-order valence-electron chi connectivity index (χ0n) is 11.8. The molecule has 0 aliphatic heterocycles. The number of thioether (sulfide) groups is 1. The highest BCUT2D eigenvalue weighted by Gasteiger charge is 2.26. The highest BCUT2D eigenvalue weighted by molar-refractivity contribution is 8.01. The van der Waals surface area contributed by atoms with Crippen LogP contribution in [-0.4, -0.2) is 45.8 Å². The number of amides is 1. The number of carbonyl (C=O) groups is 1. The largest absolute Gasteiger partial charge is 0.394 e. The fraction of sp³-hybridized carbons (Fsp3) is 0.429. The Hall–Kier alpha value is -1.11. The fourth-order valence-electron chi connectivity index (χ4n) is 1.58. The fourth-order valence-corrected chi connectivity index (χ4v) is 3.56. The number of hydrogen-bond acceptors (Lipinski definition) is 5. The summed E-state index contributed by atoms with van der Waals surface area (Å²) in [6.45, 7) is 3.63. The minimum absolute atomic E-state index is 0.00620. The average molecular weight is 310 g/mol. The summed E-state index contributed by atoms with van der Waals surface area (Å²) in [5.41, 5.74) is 0.433. The Kier molecular flexibility index (Phi) is 4.67. The number of nitrogens with zero attached hydrogens (tertiary/aromatic N) is 2. The van der Waals surface area contributed by atoms with Crippen LogP contribution in [0.2, 0.25) is 0 Å². The molecule has 0 saturated carbocycles. The number of fused-ring (bicyclic) bond motifs is 1. The summed E-state index contributed by atoms with van der Waals surface area (Å²) in [5.74, 6) is 0.327. The van der Waals surface area contributed by atoms with Crippen LogP contribution in [0.25, 0.3) is 10.2 Å². The first kappa shape index (κ1) is 15.3. The molecule has 2 rings (SSSR count). The van der Waals surface area contributed by atoms with Gasteiger partial charge in [-0.3, -0.25) is 4.79 Å². The number of aromatic nitrogens is 1. The number of aliphatic hydroxyl groups excluding tert-OH is 1. The zero-order chi connectivity index (χ0) is 14.8. The smallest absolute Gasteiger partial charge is 0.233 e. The molecule has 1 N–H and O–H groups in total. The van der Waals surface area contributed by atoms with Crippen molar-refractivity contribution in [1.29, 1.82) is 0 Å². The lowest BCUT2D eigenvalue weighted by atomic mass is 10.1. The molecule has 4 nitrogen and oxygen atoms in total. The minimum atomic E-state index is -0.536. The molecule has 2 aromatic rings. The molecule has 0 radical (unpaired) electrons. The van der Waals surface area contributed by atoms with Gasteiger partial charge < -0.3 is 10.0 Å². The number of carbonyl (C=O) groups excluding carboxylic acids is 1. The van der Waals surface area contributed by atoms with Crippen LogP contribution in [0, 0.1) is 0 Å². The third-order valence-electron chi connectivity index (χ3n) is 3.26. The van der Waals surface area contributed by atoms with Crippen LogP contribution in [0.5, 0.6) is 0 Å². The summed E-state index contributed by atoms with van der Waals surface area (Å²) in [6.07, 6.45) is 0. The van der Waals surface area contributed by atoms with Crippen LogP contribution in [0.4, 0.5) is 0 Å². The van der Waals surface area contributed by atoms with Gasteiger partial charge in [-0.2, -0.15) is 0 Å². The van der Waals surface area contributed by atoms with Gasteiger partial charge in [0, 0.05) is 7.05 Å². The van der Waals surface area contributed by atoms with Crippen molar-refractivity contribution in [2.75, 3.05) is 19.4 Å². The molecule has 0 spiro atoms. The van der Waals surface area contributed by atoms with E-state index in [0.717, 1.165) is 14.6 Å². The highest BCUT2D eigenvalue weighted by Crippen LogP contribution is 2.29. The maximum Gasteiger partial charge on any atom is 0.233 e. The summed E-state index contributed by atoms with van der Waals surface area (Å²) in [5, 5.41) is 9.28. The Morgan fingerprint density at radius 2 is 2.15 bits per heavy atom. The molecule has 1 aromatic heterocycles. The molecule has 0 unspecified atom stereocenters. The number of likely N-dealkylation sites (N-methyl/N-ethyl adjacent to an activating group) is 1. The van der Waals surface area contributed by atoms with E-state index in [-0.39, 0.29) is 12.5 Å². The van der Waals surface area contributed by atoms with Gasteiger partial charge in [-0.15, -0.1) is 11.3 Å². The maximum atomic E-state index is 12.1. The van der Waals surface area contributed by atoms with Gasteiger partial charge in [0.15, 0.2) is 4.34 Å². The molecule has 0 fully saturated rings. The number of rotatable bonds is 5. The van der Waals surface area contributed by atoms with Gasteiger partial charge in [-0.25, -0.2) is 4.98 Å². The molecule has 1 amide bonds. The summed E-state index contributed by atoms with van der Waals surface area (Å²) in [4.78, 5) is 18.2. The quantitative estimate of drug-likeness (QED) is 0.863. The van der Waals surface area contributed by atoms with E-state index in [1.165, 1.54) is 11.8 Å². The third kappa shape index (κ3) is 3.31. The van der Waals surface area contributed by atoms with E-state index in [1.807, 2.05) is 38.1 Å². The molecule has 0 saturated heterocycles. The van der Waals surface area contributed by atoms with Gasteiger partial charge in [0.25, 0.3) is 0 Å². The Balaban J connectivity index is 1.99. The first-order chi connectivity index (χ1) is 9.44. The predicted molar refractivity (Wildman–Crippen MR) is 84.3 cm³/mol. The minimum Gasteiger partial charge on any atom is -0.394 e. The average Bonchev–Trinajstić information content (AvgIpc) is 2.86. The van der Waals surface area contributed by atoms with Crippen molar-refractivity contribution < 1.29 is 9.90 Å². The number of para-hydroxylation sites is 1. The van der Waals surface area contributed by atoms with Gasteiger partial charge in [0.2, 0.25) is 5.91 Å². The summed E-state index contributed by atoms with van der Waals surface area (Å²) in [6, 6.07) is 7.94. The molecule has 1 aromatic carbocycles. The summed E-state index contributed by atoms with van der Waals surface area (Å²) >= 11 is 3.04. The number of thiazole rings is 1. The molecule has 0 aliphatic carbocycles. The second-order valence-electron chi connectivity index (χ2n) is 5.16. The van der Waals surface area contributed by atoms with Crippen molar-refractivity contribution in [3.8, 4) is 0 Å². The molecule has 6 heteroatoms. The second-order valence-corrected chi connectivity index (χ2v) is 7.41. The molecular weight excluding hydrogens is 292 g/mol. The monoisotopic (exact) mass is 310 g/mol. The van der Waals surface area contributed by atoms with Crippen LogP contribution in [0.1, 0.15) is 13.8 Å². The van der Waals surface area contributed by atoms with E-state index in [4.69, 9.17) is 0 Å². The van der Waals surface area contributed by atoms with Crippen molar-refractivity contribution >= 4 is 39.2 Å². The summed E-state index contributed by atoms with van der Waals surface area (Å²) in [7, 11) is 1.72.